The summed E-state index contributed by atoms with van der Waals surface area (Å²) in [6.07, 6.45) is 7.34. The fraction of sp³-hybridized carbons (Fsp3) is 0.400. The topological polar surface area (TPSA) is 51.0 Å². The van der Waals surface area contributed by atoms with E-state index in [-0.39, 0.29) is 5.91 Å². The first-order valence-corrected chi connectivity index (χ1v) is 6.92. The molecule has 2 aromatic heterocycles. The van der Waals surface area contributed by atoms with Gasteiger partial charge < -0.3 is 9.47 Å². The van der Waals surface area contributed by atoms with Gasteiger partial charge in [0.25, 0.3) is 5.91 Å². The van der Waals surface area contributed by atoms with Crippen molar-refractivity contribution in [3.05, 3.63) is 48.3 Å². The number of rotatable bonds is 2. The lowest BCUT2D eigenvalue weighted by molar-refractivity contribution is 0.0696. The number of piperidine rings is 1. The van der Waals surface area contributed by atoms with E-state index in [4.69, 9.17) is 0 Å². The van der Waals surface area contributed by atoms with Gasteiger partial charge in [-0.25, -0.2) is 9.97 Å². The number of amides is 1. The van der Waals surface area contributed by atoms with Crippen LogP contribution in [0.15, 0.2) is 36.9 Å². The van der Waals surface area contributed by atoms with Crippen LogP contribution in [0.1, 0.15) is 34.9 Å². The number of nitrogens with zero attached hydrogens (tertiary/aromatic N) is 4. The van der Waals surface area contributed by atoms with Gasteiger partial charge in [0, 0.05) is 44.1 Å². The maximum Gasteiger partial charge on any atom is 0.270 e. The Hall–Kier alpha value is -2.17. The van der Waals surface area contributed by atoms with E-state index in [1.807, 2.05) is 40.9 Å². The average Bonchev–Trinajstić information content (AvgIpc) is 2.94. The number of aromatic nitrogens is 3. The van der Waals surface area contributed by atoms with Crippen LogP contribution in [0.3, 0.4) is 0 Å². The zero-order valence-electron chi connectivity index (χ0n) is 11.6. The number of hydrogen-bond donors (Lipinski definition) is 0. The van der Waals surface area contributed by atoms with Crippen LogP contribution in [-0.4, -0.2) is 38.4 Å². The van der Waals surface area contributed by atoms with Gasteiger partial charge in [-0.1, -0.05) is 0 Å². The molecular formula is C15H18N4O. The molecule has 0 aliphatic carbocycles. The molecule has 20 heavy (non-hydrogen) atoms. The van der Waals surface area contributed by atoms with Gasteiger partial charge in [-0.15, -0.1) is 0 Å². The van der Waals surface area contributed by atoms with E-state index in [2.05, 4.69) is 9.97 Å². The van der Waals surface area contributed by atoms with Crippen LogP contribution in [0.25, 0.3) is 0 Å². The van der Waals surface area contributed by atoms with Gasteiger partial charge >= 0.3 is 0 Å². The van der Waals surface area contributed by atoms with Gasteiger partial charge in [-0.3, -0.25) is 4.79 Å². The first-order chi connectivity index (χ1) is 9.75. The van der Waals surface area contributed by atoms with Crippen molar-refractivity contribution in [1.29, 1.82) is 0 Å². The molecule has 1 aliphatic heterocycles. The van der Waals surface area contributed by atoms with Crippen molar-refractivity contribution in [2.24, 2.45) is 7.05 Å². The summed E-state index contributed by atoms with van der Waals surface area (Å²) in [5.74, 6) is 0.423. The summed E-state index contributed by atoms with van der Waals surface area (Å²) in [5, 5.41) is 0. The van der Waals surface area contributed by atoms with E-state index in [1.54, 1.807) is 12.5 Å². The molecule has 1 unspecified atom stereocenters. The lowest BCUT2D eigenvalue weighted by Gasteiger charge is -2.32. The maximum atomic E-state index is 12.5. The van der Waals surface area contributed by atoms with Crippen molar-refractivity contribution in [3.63, 3.8) is 0 Å². The quantitative estimate of drug-likeness (QED) is 0.836. The molecule has 1 fully saturated rings. The predicted octanol–water partition coefficient (Wildman–Crippen LogP) is 1.83. The summed E-state index contributed by atoms with van der Waals surface area (Å²) in [6.45, 7) is 1.56. The summed E-state index contributed by atoms with van der Waals surface area (Å²) in [5.41, 5.74) is 1.78. The second-order valence-corrected chi connectivity index (χ2v) is 5.23. The molecule has 0 bridgehead atoms. The molecule has 104 valence electrons. The third-order valence-electron chi connectivity index (χ3n) is 3.89. The van der Waals surface area contributed by atoms with E-state index in [0.717, 1.165) is 37.3 Å². The molecule has 0 spiro atoms. The highest BCUT2D eigenvalue weighted by molar-refractivity contribution is 5.92. The summed E-state index contributed by atoms with van der Waals surface area (Å²) in [4.78, 5) is 22.7. The minimum atomic E-state index is 0.108. The van der Waals surface area contributed by atoms with E-state index < -0.39 is 0 Å². The van der Waals surface area contributed by atoms with Crippen LogP contribution in [0.4, 0.5) is 0 Å². The summed E-state index contributed by atoms with van der Waals surface area (Å²) >= 11 is 0. The van der Waals surface area contributed by atoms with E-state index in [1.165, 1.54) is 0 Å². The molecule has 1 atom stereocenters. The van der Waals surface area contributed by atoms with Crippen LogP contribution in [0.2, 0.25) is 0 Å². The first-order valence-electron chi connectivity index (χ1n) is 6.92. The van der Waals surface area contributed by atoms with Crippen molar-refractivity contribution < 1.29 is 4.79 Å². The molecule has 5 heteroatoms. The summed E-state index contributed by atoms with van der Waals surface area (Å²) < 4.78 is 1.87. The normalized spacial score (nSPS) is 19.1. The van der Waals surface area contributed by atoms with E-state index in [0.29, 0.717) is 5.92 Å². The molecular weight excluding hydrogens is 252 g/mol. The average molecular weight is 270 g/mol. The molecule has 0 aromatic carbocycles. The van der Waals surface area contributed by atoms with Gasteiger partial charge in [-0.05, 0) is 31.0 Å². The van der Waals surface area contributed by atoms with Crippen molar-refractivity contribution in [2.45, 2.75) is 18.8 Å². The Labute approximate surface area is 118 Å². The second-order valence-electron chi connectivity index (χ2n) is 5.23. The van der Waals surface area contributed by atoms with Gasteiger partial charge in [0.1, 0.15) is 12.0 Å². The SMILES string of the molecule is Cn1cccc1C(=O)N1CCCC(c2ccncn2)C1. The van der Waals surface area contributed by atoms with Crippen LogP contribution in [-0.2, 0) is 7.05 Å². The largest absolute Gasteiger partial charge is 0.347 e. The van der Waals surface area contributed by atoms with Crippen LogP contribution in [0, 0.1) is 0 Å². The highest BCUT2D eigenvalue weighted by atomic mass is 16.2. The number of carbonyl (C=O) groups excluding carboxylic acids is 1. The van der Waals surface area contributed by atoms with Gasteiger partial charge in [0.05, 0.1) is 0 Å². The lowest BCUT2D eigenvalue weighted by atomic mass is 9.94. The Morgan fingerprint density at radius 3 is 3.00 bits per heavy atom. The van der Waals surface area contributed by atoms with Gasteiger partial charge in [-0.2, -0.15) is 0 Å². The third-order valence-corrected chi connectivity index (χ3v) is 3.89. The van der Waals surface area contributed by atoms with E-state index >= 15 is 0 Å². The molecule has 1 aliphatic rings. The van der Waals surface area contributed by atoms with Gasteiger partial charge in [0.2, 0.25) is 0 Å². The standard InChI is InChI=1S/C15H18N4O/c1-18-8-3-5-14(18)15(20)19-9-2-4-12(10-19)13-6-7-16-11-17-13/h3,5-8,11-12H,2,4,9-10H2,1H3. The van der Waals surface area contributed by atoms with Crippen molar-refractivity contribution in [3.8, 4) is 0 Å². The molecule has 1 amide bonds. The molecule has 3 heterocycles. The van der Waals surface area contributed by atoms with Crippen molar-refractivity contribution >= 4 is 5.91 Å². The Kier molecular flexibility index (Phi) is 3.50. The molecule has 2 aromatic rings. The number of aryl methyl sites for hydroxylation is 1. The molecule has 1 saturated heterocycles. The Balaban J connectivity index is 1.76. The van der Waals surface area contributed by atoms with E-state index in [9.17, 15) is 4.79 Å². The third kappa shape index (κ3) is 2.43. The smallest absolute Gasteiger partial charge is 0.270 e. The maximum absolute atomic E-state index is 12.5. The van der Waals surface area contributed by atoms with Gasteiger partial charge in [0.15, 0.2) is 0 Å². The number of hydrogen-bond acceptors (Lipinski definition) is 3. The molecule has 5 nitrogen and oxygen atoms in total. The van der Waals surface area contributed by atoms with Crippen LogP contribution >= 0.6 is 0 Å². The summed E-state index contributed by atoms with van der Waals surface area (Å²) in [6, 6.07) is 5.72. The van der Waals surface area contributed by atoms with Crippen molar-refractivity contribution in [1.82, 2.24) is 19.4 Å². The monoisotopic (exact) mass is 270 g/mol. The molecule has 0 N–H and O–H groups in total. The lowest BCUT2D eigenvalue weighted by Crippen LogP contribution is -2.40. The van der Waals surface area contributed by atoms with Crippen molar-refractivity contribution in [2.75, 3.05) is 13.1 Å². The zero-order valence-corrected chi connectivity index (χ0v) is 11.6. The summed E-state index contributed by atoms with van der Waals surface area (Å²) in [7, 11) is 1.90. The number of likely N-dealkylation sites (tertiary alicyclic amines) is 1. The Bertz CT molecular complexity index is 593. The Morgan fingerprint density at radius 1 is 1.40 bits per heavy atom. The Morgan fingerprint density at radius 2 is 2.30 bits per heavy atom. The molecule has 0 saturated carbocycles. The minimum Gasteiger partial charge on any atom is -0.347 e. The zero-order chi connectivity index (χ0) is 13.9. The van der Waals surface area contributed by atoms with Crippen LogP contribution in [0.5, 0.6) is 0 Å². The van der Waals surface area contributed by atoms with Crippen LogP contribution < -0.4 is 0 Å². The molecule has 0 radical (unpaired) electrons. The second kappa shape index (κ2) is 5.45. The first kappa shape index (κ1) is 12.8. The fourth-order valence-corrected chi connectivity index (χ4v) is 2.79. The highest BCUT2D eigenvalue weighted by Crippen LogP contribution is 2.26. The minimum absolute atomic E-state index is 0.108. The number of carbonyl (C=O) groups is 1. The highest BCUT2D eigenvalue weighted by Gasteiger charge is 2.27. The molecule has 3 rings (SSSR count). The predicted molar refractivity (Wildman–Crippen MR) is 75.3 cm³/mol. The fourth-order valence-electron chi connectivity index (χ4n) is 2.79.